The Morgan fingerprint density at radius 3 is 2.23 bits per heavy atom. The van der Waals surface area contributed by atoms with Crippen molar-refractivity contribution in [3.8, 4) is 0 Å². The molecule has 2 rings (SSSR count). The molecule has 0 aromatic rings. The third kappa shape index (κ3) is 5.91. The van der Waals surface area contributed by atoms with Crippen molar-refractivity contribution in [3.05, 3.63) is 22.8 Å². The molecule has 1 heterocycles. The molecule has 0 aromatic carbocycles. The highest BCUT2D eigenvalue weighted by molar-refractivity contribution is 5.70. The Bertz CT molecular complexity index is 679. The van der Waals surface area contributed by atoms with E-state index in [9.17, 15) is 14.7 Å². The van der Waals surface area contributed by atoms with Gasteiger partial charge in [0, 0.05) is 32.6 Å². The van der Waals surface area contributed by atoms with Gasteiger partial charge in [0.05, 0.1) is 18.6 Å². The lowest BCUT2D eigenvalue weighted by Crippen LogP contribution is -2.44. The van der Waals surface area contributed by atoms with Crippen LogP contribution < -0.4 is 0 Å². The van der Waals surface area contributed by atoms with E-state index < -0.39 is 30.6 Å². The predicted octanol–water partition coefficient (Wildman–Crippen LogP) is 2.35. The van der Waals surface area contributed by atoms with Crippen LogP contribution in [0.2, 0.25) is 0 Å². The molecule has 0 unspecified atom stereocenters. The lowest BCUT2D eigenvalue weighted by Gasteiger charge is -2.38. The smallest absolute Gasteiger partial charge is 0.308 e. The number of esters is 2. The van der Waals surface area contributed by atoms with Gasteiger partial charge in [0.1, 0.15) is 6.61 Å². The number of methoxy groups -OCH3 is 2. The monoisotopic (exact) mass is 426 g/mol. The first kappa shape index (κ1) is 24.5. The lowest BCUT2D eigenvalue weighted by molar-refractivity contribution is -0.242. The fourth-order valence-corrected chi connectivity index (χ4v) is 3.74. The number of hydrogen-bond donors (Lipinski definition) is 1. The zero-order valence-electron chi connectivity index (χ0n) is 18.7. The second kappa shape index (κ2) is 11.0. The van der Waals surface area contributed by atoms with Crippen molar-refractivity contribution in [2.75, 3.05) is 27.4 Å². The number of rotatable bonds is 10. The largest absolute Gasteiger partial charge is 0.461 e. The van der Waals surface area contributed by atoms with E-state index in [0.29, 0.717) is 17.6 Å². The van der Waals surface area contributed by atoms with Crippen molar-refractivity contribution in [1.29, 1.82) is 0 Å². The summed E-state index contributed by atoms with van der Waals surface area (Å²) in [5.74, 6) is -0.935. The van der Waals surface area contributed by atoms with Crippen LogP contribution in [0.1, 0.15) is 40.5 Å². The molecule has 2 aliphatic rings. The fourth-order valence-electron chi connectivity index (χ4n) is 3.74. The van der Waals surface area contributed by atoms with E-state index in [1.807, 2.05) is 27.7 Å². The molecule has 30 heavy (non-hydrogen) atoms. The van der Waals surface area contributed by atoms with Crippen LogP contribution >= 0.6 is 0 Å². The highest BCUT2D eigenvalue weighted by atomic mass is 16.8. The molecule has 0 saturated carbocycles. The van der Waals surface area contributed by atoms with Gasteiger partial charge in [-0.1, -0.05) is 27.7 Å². The van der Waals surface area contributed by atoms with E-state index in [4.69, 9.17) is 23.7 Å². The molecule has 0 aromatic heterocycles. The third-order valence-corrected chi connectivity index (χ3v) is 5.03. The SMILES string of the molecule is CO[C@H]1O[C@H](OC(=O)CC(C)C)[C@@H]2C(CO)=C[C@@H](OC)C2=C1COC(=O)CC(C)C. The molecular formula is C22H34O8. The van der Waals surface area contributed by atoms with Gasteiger partial charge in [-0.15, -0.1) is 0 Å². The zero-order chi connectivity index (χ0) is 22.4. The Kier molecular flexibility index (Phi) is 9.03. The number of hydrogen-bond acceptors (Lipinski definition) is 8. The van der Waals surface area contributed by atoms with Crippen molar-refractivity contribution in [2.24, 2.45) is 17.8 Å². The number of aliphatic hydroxyl groups excluding tert-OH is 1. The third-order valence-electron chi connectivity index (χ3n) is 5.03. The van der Waals surface area contributed by atoms with Crippen molar-refractivity contribution in [1.82, 2.24) is 0 Å². The quantitative estimate of drug-likeness (QED) is 0.420. The maximum atomic E-state index is 12.3. The van der Waals surface area contributed by atoms with E-state index in [0.717, 1.165) is 5.57 Å². The molecule has 0 spiro atoms. The summed E-state index contributed by atoms with van der Waals surface area (Å²) in [6.07, 6.45) is 0.0150. The molecule has 170 valence electrons. The van der Waals surface area contributed by atoms with Gasteiger partial charge in [-0.3, -0.25) is 9.59 Å². The van der Waals surface area contributed by atoms with Crippen LogP contribution in [0, 0.1) is 17.8 Å². The van der Waals surface area contributed by atoms with Crippen LogP contribution in [0.3, 0.4) is 0 Å². The predicted molar refractivity (Wildman–Crippen MR) is 108 cm³/mol. The summed E-state index contributed by atoms with van der Waals surface area (Å²) >= 11 is 0. The highest BCUT2D eigenvalue weighted by Gasteiger charge is 2.47. The van der Waals surface area contributed by atoms with Crippen LogP contribution in [0.15, 0.2) is 22.8 Å². The summed E-state index contributed by atoms with van der Waals surface area (Å²) in [5.41, 5.74) is 1.96. The van der Waals surface area contributed by atoms with Crippen LogP contribution in [0.25, 0.3) is 0 Å². The van der Waals surface area contributed by atoms with Crippen LogP contribution in [0.4, 0.5) is 0 Å². The summed E-state index contributed by atoms with van der Waals surface area (Å²) in [5, 5.41) is 9.88. The van der Waals surface area contributed by atoms with Crippen LogP contribution in [-0.4, -0.2) is 63.2 Å². The summed E-state index contributed by atoms with van der Waals surface area (Å²) in [4.78, 5) is 24.4. The van der Waals surface area contributed by atoms with Gasteiger partial charge in [-0.2, -0.15) is 0 Å². The number of carbonyl (C=O) groups is 2. The lowest BCUT2D eigenvalue weighted by atomic mass is 9.88. The van der Waals surface area contributed by atoms with Crippen molar-refractivity contribution >= 4 is 11.9 Å². The van der Waals surface area contributed by atoms with Crippen LogP contribution in [-0.2, 0) is 33.3 Å². The van der Waals surface area contributed by atoms with E-state index in [1.165, 1.54) is 7.11 Å². The second-order valence-electron chi connectivity index (χ2n) is 8.43. The van der Waals surface area contributed by atoms with Gasteiger partial charge < -0.3 is 28.8 Å². The molecule has 0 radical (unpaired) electrons. The molecule has 4 atom stereocenters. The summed E-state index contributed by atoms with van der Waals surface area (Å²) in [7, 11) is 3.01. The van der Waals surface area contributed by atoms with Crippen LogP contribution in [0.5, 0.6) is 0 Å². The van der Waals surface area contributed by atoms with Crippen molar-refractivity contribution < 1.29 is 38.4 Å². The fraction of sp³-hybridized carbons (Fsp3) is 0.727. The number of ether oxygens (including phenoxy) is 5. The topological polar surface area (TPSA) is 101 Å². The molecule has 0 saturated heterocycles. The first-order valence-corrected chi connectivity index (χ1v) is 10.3. The van der Waals surface area contributed by atoms with Gasteiger partial charge in [0.2, 0.25) is 6.29 Å². The minimum atomic E-state index is -0.968. The number of fused-ring (bicyclic) bond motifs is 1. The minimum Gasteiger partial charge on any atom is -0.461 e. The summed E-state index contributed by atoms with van der Waals surface area (Å²) < 4.78 is 28.1. The number of carbonyl (C=O) groups excluding carboxylic acids is 2. The van der Waals surface area contributed by atoms with E-state index in [2.05, 4.69) is 0 Å². The first-order valence-electron chi connectivity index (χ1n) is 10.3. The first-order chi connectivity index (χ1) is 14.2. The second-order valence-corrected chi connectivity index (χ2v) is 8.43. The zero-order valence-corrected chi connectivity index (χ0v) is 18.7. The Labute approximate surface area is 178 Å². The molecule has 0 bridgehead atoms. The van der Waals surface area contributed by atoms with E-state index >= 15 is 0 Å². The van der Waals surface area contributed by atoms with E-state index in [1.54, 1.807) is 13.2 Å². The normalized spacial score (nSPS) is 26.1. The molecular weight excluding hydrogens is 392 g/mol. The van der Waals surface area contributed by atoms with Crippen molar-refractivity contribution in [2.45, 2.75) is 59.2 Å². The standard InChI is InChI=1S/C22H34O8/c1-12(2)7-17(24)28-11-15-20-16(26-5)9-14(10-23)19(20)22(30-21(15)27-6)29-18(25)8-13(3)4/h9,12-13,16,19,21-23H,7-8,10-11H2,1-6H3/t16-,19-,21+,22+/m1/s1. The number of aliphatic hydroxyl groups is 1. The van der Waals surface area contributed by atoms with E-state index in [-0.39, 0.29) is 37.4 Å². The molecule has 0 fully saturated rings. The molecule has 8 nitrogen and oxygen atoms in total. The van der Waals surface area contributed by atoms with Gasteiger partial charge in [0.15, 0.2) is 6.29 Å². The average molecular weight is 427 g/mol. The van der Waals surface area contributed by atoms with Gasteiger partial charge in [-0.05, 0) is 29.1 Å². The summed E-state index contributed by atoms with van der Waals surface area (Å²) in [6.45, 7) is 7.44. The highest BCUT2D eigenvalue weighted by Crippen LogP contribution is 2.44. The molecule has 8 heteroatoms. The Morgan fingerprint density at radius 2 is 1.70 bits per heavy atom. The molecule has 1 aliphatic heterocycles. The van der Waals surface area contributed by atoms with Gasteiger partial charge in [-0.25, -0.2) is 0 Å². The Balaban J connectivity index is 2.34. The molecule has 1 aliphatic carbocycles. The van der Waals surface area contributed by atoms with Gasteiger partial charge >= 0.3 is 11.9 Å². The average Bonchev–Trinajstić information content (AvgIpc) is 3.04. The summed E-state index contributed by atoms with van der Waals surface area (Å²) in [6, 6.07) is 0. The maximum Gasteiger partial charge on any atom is 0.308 e. The minimum absolute atomic E-state index is 0.0328. The molecule has 1 N–H and O–H groups in total. The maximum absolute atomic E-state index is 12.3. The molecule has 0 amide bonds. The Morgan fingerprint density at radius 1 is 1.07 bits per heavy atom. The Hall–Kier alpha value is -1.74. The van der Waals surface area contributed by atoms with Gasteiger partial charge in [0.25, 0.3) is 0 Å². The van der Waals surface area contributed by atoms with Crippen molar-refractivity contribution in [3.63, 3.8) is 0 Å².